The first-order chi connectivity index (χ1) is 5.99. The molecule has 4 atom stereocenters. The number of hydrogen-bond acceptors (Lipinski definition) is 5. The van der Waals surface area contributed by atoms with Gasteiger partial charge in [0.05, 0.1) is 6.10 Å². The SMILES string of the molecule is CC(F)SC[C@@H](O)[C@@H](O)[C@@H](O)C=O. The average Bonchev–Trinajstić information content (AvgIpc) is 2.11. The molecule has 0 aliphatic rings. The van der Waals surface area contributed by atoms with Crippen LogP contribution in [-0.2, 0) is 4.79 Å². The van der Waals surface area contributed by atoms with Crippen molar-refractivity contribution in [3.8, 4) is 0 Å². The van der Waals surface area contributed by atoms with Crippen LogP contribution >= 0.6 is 11.8 Å². The maximum atomic E-state index is 12.2. The number of rotatable bonds is 6. The zero-order chi connectivity index (χ0) is 10.4. The summed E-state index contributed by atoms with van der Waals surface area (Å²) >= 11 is 0.792. The summed E-state index contributed by atoms with van der Waals surface area (Å²) in [7, 11) is 0. The highest BCUT2D eigenvalue weighted by molar-refractivity contribution is 7.99. The molecule has 0 rings (SSSR count). The van der Waals surface area contributed by atoms with Gasteiger partial charge in [0.25, 0.3) is 0 Å². The second-order valence-electron chi connectivity index (χ2n) is 2.56. The number of halogens is 1. The molecule has 3 N–H and O–H groups in total. The van der Waals surface area contributed by atoms with Crippen LogP contribution in [0.5, 0.6) is 0 Å². The Morgan fingerprint density at radius 3 is 2.38 bits per heavy atom. The Bertz CT molecular complexity index is 155. The maximum absolute atomic E-state index is 12.2. The summed E-state index contributed by atoms with van der Waals surface area (Å²) in [6.07, 6.45) is -4.35. The van der Waals surface area contributed by atoms with Crippen LogP contribution in [0.25, 0.3) is 0 Å². The highest BCUT2D eigenvalue weighted by Gasteiger charge is 2.24. The molecule has 0 aromatic rings. The standard InChI is InChI=1S/C7H13FO4S/c1-4(8)13-3-6(11)7(12)5(10)2-9/h2,4-7,10-12H,3H2,1H3/t4?,5-,6+,7-/m0/s1. The van der Waals surface area contributed by atoms with Gasteiger partial charge in [-0.25, -0.2) is 4.39 Å². The predicted octanol–water partition coefficient (Wildman–Crippen LogP) is -0.683. The van der Waals surface area contributed by atoms with E-state index in [4.69, 9.17) is 15.3 Å². The molecule has 0 fully saturated rings. The van der Waals surface area contributed by atoms with Crippen LogP contribution in [0.2, 0.25) is 0 Å². The van der Waals surface area contributed by atoms with Gasteiger partial charge in [-0.2, -0.15) is 0 Å². The Labute approximate surface area is 79.8 Å². The van der Waals surface area contributed by atoms with Crippen molar-refractivity contribution in [1.29, 1.82) is 0 Å². The van der Waals surface area contributed by atoms with Crippen LogP contribution in [-0.4, -0.2) is 51.2 Å². The summed E-state index contributed by atoms with van der Waals surface area (Å²) < 4.78 is 12.2. The largest absolute Gasteiger partial charge is 0.389 e. The minimum absolute atomic E-state index is 0.0657. The molecule has 0 radical (unpaired) electrons. The smallest absolute Gasteiger partial charge is 0.151 e. The van der Waals surface area contributed by atoms with Crippen molar-refractivity contribution in [2.75, 3.05) is 5.75 Å². The number of alkyl halides is 1. The molecule has 0 aliphatic heterocycles. The minimum Gasteiger partial charge on any atom is -0.389 e. The zero-order valence-corrected chi connectivity index (χ0v) is 7.95. The van der Waals surface area contributed by atoms with E-state index in [1.165, 1.54) is 6.92 Å². The molecular formula is C7H13FO4S. The number of carbonyl (C=O) groups excluding carboxylic acids is 1. The molecule has 0 saturated heterocycles. The molecule has 0 bridgehead atoms. The molecule has 0 heterocycles. The molecule has 1 unspecified atom stereocenters. The van der Waals surface area contributed by atoms with Crippen LogP contribution in [0.3, 0.4) is 0 Å². The van der Waals surface area contributed by atoms with Gasteiger partial charge >= 0.3 is 0 Å². The zero-order valence-electron chi connectivity index (χ0n) is 7.13. The molecule has 0 spiro atoms. The Kier molecular flexibility index (Phi) is 6.23. The van der Waals surface area contributed by atoms with E-state index in [9.17, 15) is 9.18 Å². The van der Waals surface area contributed by atoms with Gasteiger partial charge in [0, 0.05) is 5.75 Å². The van der Waals surface area contributed by atoms with Gasteiger partial charge in [-0.3, -0.25) is 0 Å². The van der Waals surface area contributed by atoms with E-state index in [1.54, 1.807) is 0 Å². The third-order valence-electron chi connectivity index (χ3n) is 1.38. The maximum Gasteiger partial charge on any atom is 0.151 e. The minimum atomic E-state index is -1.62. The Morgan fingerprint density at radius 1 is 1.46 bits per heavy atom. The van der Waals surface area contributed by atoms with Crippen molar-refractivity contribution in [2.45, 2.75) is 30.7 Å². The molecule has 6 heteroatoms. The molecule has 78 valence electrons. The van der Waals surface area contributed by atoms with Gasteiger partial charge in [0.1, 0.15) is 17.7 Å². The first kappa shape index (κ1) is 12.8. The molecule has 13 heavy (non-hydrogen) atoms. The van der Waals surface area contributed by atoms with Crippen LogP contribution in [0.15, 0.2) is 0 Å². The lowest BCUT2D eigenvalue weighted by molar-refractivity contribution is -0.124. The van der Waals surface area contributed by atoms with Gasteiger partial charge in [0.2, 0.25) is 0 Å². The van der Waals surface area contributed by atoms with Gasteiger partial charge in [0.15, 0.2) is 6.29 Å². The lowest BCUT2D eigenvalue weighted by Gasteiger charge is -2.18. The number of aliphatic hydroxyl groups excluding tert-OH is 3. The summed E-state index contributed by atoms with van der Waals surface area (Å²) in [5.74, 6) is -0.0657. The number of carbonyl (C=O) groups is 1. The number of aldehydes is 1. The third-order valence-corrected chi connectivity index (χ3v) is 2.37. The summed E-state index contributed by atoms with van der Waals surface area (Å²) in [4.78, 5) is 9.99. The summed E-state index contributed by atoms with van der Waals surface area (Å²) in [6.45, 7) is 1.29. The van der Waals surface area contributed by atoms with Crippen molar-refractivity contribution in [3.05, 3.63) is 0 Å². The normalized spacial score (nSPS) is 20.4. The van der Waals surface area contributed by atoms with E-state index in [1.807, 2.05) is 0 Å². The van der Waals surface area contributed by atoms with Crippen LogP contribution in [0.4, 0.5) is 4.39 Å². The Hall–Kier alpha value is -0.170. The molecule has 0 aromatic heterocycles. The topological polar surface area (TPSA) is 77.8 Å². The molecule has 0 saturated carbocycles. The van der Waals surface area contributed by atoms with Crippen molar-refractivity contribution in [2.24, 2.45) is 0 Å². The lowest BCUT2D eigenvalue weighted by atomic mass is 10.1. The van der Waals surface area contributed by atoms with Gasteiger partial charge < -0.3 is 20.1 Å². The van der Waals surface area contributed by atoms with E-state index in [0.717, 1.165) is 11.8 Å². The Morgan fingerprint density at radius 2 is 2.00 bits per heavy atom. The van der Waals surface area contributed by atoms with Gasteiger partial charge in [-0.05, 0) is 6.92 Å². The van der Waals surface area contributed by atoms with E-state index in [-0.39, 0.29) is 12.0 Å². The summed E-state index contributed by atoms with van der Waals surface area (Å²) in [5, 5.41) is 26.9. The van der Waals surface area contributed by atoms with Gasteiger partial charge in [-0.1, -0.05) is 0 Å². The highest BCUT2D eigenvalue weighted by atomic mass is 32.2. The second kappa shape index (κ2) is 6.31. The quantitative estimate of drug-likeness (QED) is 0.508. The van der Waals surface area contributed by atoms with Crippen molar-refractivity contribution >= 4 is 18.0 Å². The fourth-order valence-electron chi connectivity index (χ4n) is 0.638. The monoisotopic (exact) mass is 212 g/mol. The Balaban J connectivity index is 3.81. The average molecular weight is 212 g/mol. The number of thioether (sulfide) groups is 1. The second-order valence-corrected chi connectivity index (χ2v) is 3.88. The summed E-state index contributed by atoms with van der Waals surface area (Å²) in [6, 6.07) is 0. The first-order valence-electron chi connectivity index (χ1n) is 3.74. The third kappa shape index (κ3) is 5.20. The van der Waals surface area contributed by atoms with E-state index >= 15 is 0 Å². The van der Waals surface area contributed by atoms with E-state index in [2.05, 4.69) is 0 Å². The first-order valence-corrected chi connectivity index (χ1v) is 4.79. The summed E-state index contributed by atoms with van der Waals surface area (Å²) in [5.41, 5.74) is -1.16. The molecule has 0 aromatic carbocycles. The van der Waals surface area contributed by atoms with Crippen LogP contribution in [0.1, 0.15) is 6.92 Å². The predicted molar refractivity (Wildman–Crippen MR) is 47.1 cm³/mol. The van der Waals surface area contributed by atoms with E-state index in [0.29, 0.717) is 0 Å². The van der Waals surface area contributed by atoms with Crippen LogP contribution < -0.4 is 0 Å². The molecule has 4 nitrogen and oxygen atoms in total. The van der Waals surface area contributed by atoms with Crippen LogP contribution in [0, 0.1) is 0 Å². The number of aliphatic hydroxyl groups is 3. The highest BCUT2D eigenvalue weighted by Crippen LogP contribution is 2.14. The fourth-order valence-corrected chi connectivity index (χ4v) is 1.30. The lowest BCUT2D eigenvalue weighted by Crippen LogP contribution is -2.39. The fraction of sp³-hybridized carbons (Fsp3) is 0.857. The van der Waals surface area contributed by atoms with Crippen molar-refractivity contribution in [3.63, 3.8) is 0 Å². The molecule has 0 amide bonds. The van der Waals surface area contributed by atoms with Crippen molar-refractivity contribution in [1.82, 2.24) is 0 Å². The van der Waals surface area contributed by atoms with Crippen molar-refractivity contribution < 1.29 is 24.5 Å². The molecule has 0 aliphatic carbocycles. The number of hydrogen-bond donors (Lipinski definition) is 3. The molecular weight excluding hydrogens is 199 g/mol. The van der Waals surface area contributed by atoms with E-state index < -0.39 is 23.8 Å². The van der Waals surface area contributed by atoms with Gasteiger partial charge in [-0.15, -0.1) is 11.8 Å².